The van der Waals surface area contributed by atoms with Crippen molar-refractivity contribution in [2.24, 2.45) is 5.41 Å². The Labute approximate surface area is 106 Å². The molecule has 1 aliphatic carbocycles. The van der Waals surface area contributed by atoms with Gasteiger partial charge in [0, 0.05) is 9.35 Å². The van der Waals surface area contributed by atoms with Crippen molar-refractivity contribution < 1.29 is 0 Å². The van der Waals surface area contributed by atoms with Gasteiger partial charge in [-0.05, 0) is 45.6 Å². The molecule has 3 heteroatoms. The molecule has 0 spiro atoms. The van der Waals surface area contributed by atoms with Crippen molar-refractivity contribution >= 4 is 43.2 Å². The van der Waals surface area contributed by atoms with E-state index in [0.29, 0.717) is 10.2 Å². The van der Waals surface area contributed by atoms with Crippen LogP contribution < -0.4 is 0 Å². The second kappa shape index (κ2) is 4.26. The summed E-state index contributed by atoms with van der Waals surface area (Å²) in [4.78, 5) is 1.97. The Hall–Kier alpha value is 0.660. The van der Waals surface area contributed by atoms with Gasteiger partial charge in [0.1, 0.15) is 0 Å². The Morgan fingerprint density at radius 3 is 2.57 bits per heavy atom. The third kappa shape index (κ3) is 1.96. The standard InChI is InChI=1S/C11H14Br2S/c1-11(5-2-3-6-11)10(13)9-8(12)4-7-14-9/h4,7,10H,2-3,5-6H2,1H3. The summed E-state index contributed by atoms with van der Waals surface area (Å²) in [6.07, 6.45) is 5.49. The summed E-state index contributed by atoms with van der Waals surface area (Å²) < 4.78 is 1.26. The van der Waals surface area contributed by atoms with E-state index in [-0.39, 0.29) is 0 Å². The first kappa shape index (κ1) is 11.2. The molecule has 1 saturated carbocycles. The number of thiophene rings is 1. The molecule has 0 amide bonds. The highest BCUT2D eigenvalue weighted by molar-refractivity contribution is 9.11. The summed E-state index contributed by atoms with van der Waals surface area (Å²) in [5.41, 5.74) is 0.466. The minimum atomic E-state index is 0.466. The fourth-order valence-corrected chi connectivity index (χ4v) is 5.33. The van der Waals surface area contributed by atoms with Gasteiger partial charge in [-0.2, -0.15) is 0 Å². The Balaban J connectivity index is 2.23. The normalized spacial score (nSPS) is 22.5. The molecule has 0 nitrogen and oxygen atoms in total. The van der Waals surface area contributed by atoms with Crippen molar-refractivity contribution in [3.8, 4) is 0 Å². The van der Waals surface area contributed by atoms with Crippen molar-refractivity contribution in [2.75, 3.05) is 0 Å². The lowest BCUT2D eigenvalue weighted by molar-refractivity contribution is 0.333. The molecule has 0 aliphatic heterocycles. The summed E-state index contributed by atoms with van der Waals surface area (Å²) in [6.45, 7) is 2.41. The summed E-state index contributed by atoms with van der Waals surface area (Å²) in [5.74, 6) is 0. The molecule has 2 rings (SSSR count). The van der Waals surface area contributed by atoms with Crippen molar-refractivity contribution in [3.05, 3.63) is 20.8 Å². The number of hydrogen-bond acceptors (Lipinski definition) is 1. The number of hydrogen-bond donors (Lipinski definition) is 0. The number of alkyl halides is 1. The van der Waals surface area contributed by atoms with Crippen molar-refractivity contribution in [2.45, 2.75) is 37.4 Å². The zero-order valence-electron chi connectivity index (χ0n) is 8.22. The molecule has 0 bridgehead atoms. The van der Waals surface area contributed by atoms with Crippen LogP contribution in [0.25, 0.3) is 0 Å². The Morgan fingerprint density at radius 1 is 1.43 bits per heavy atom. The minimum absolute atomic E-state index is 0.466. The molecule has 14 heavy (non-hydrogen) atoms. The summed E-state index contributed by atoms with van der Waals surface area (Å²) in [7, 11) is 0. The smallest absolute Gasteiger partial charge is 0.0554 e. The molecule has 1 aliphatic rings. The van der Waals surface area contributed by atoms with Crippen molar-refractivity contribution in [3.63, 3.8) is 0 Å². The predicted molar refractivity (Wildman–Crippen MR) is 70.3 cm³/mol. The average molecular weight is 338 g/mol. The maximum atomic E-state index is 3.88. The number of rotatable bonds is 2. The zero-order valence-corrected chi connectivity index (χ0v) is 12.2. The molecule has 1 heterocycles. The van der Waals surface area contributed by atoms with E-state index in [1.165, 1.54) is 35.0 Å². The monoisotopic (exact) mass is 336 g/mol. The highest BCUT2D eigenvalue weighted by Gasteiger charge is 2.37. The topological polar surface area (TPSA) is 0 Å². The summed E-state index contributed by atoms with van der Waals surface area (Å²) in [5, 5.41) is 2.16. The van der Waals surface area contributed by atoms with Crippen LogP contribution in [0.1, 0.15) is 42.3 Å². The predicted octanol–water partition coefficient (Wildman–Crippen LogP) is 5.53. The lowest BCUT2D eigenvalue weighted by Gasteiger charge is -2.29. The second-order valence-corrected chi connectivity index (χ2v) is 7.07. The van der Waals surface area contributed by atoms with Gasteiger partial charge in [-0.3, -0.25) is 0 Å². The Kier molecular flexibility index (Phi) is 3.40. The maximum Gasteiger partial charge on any atom is 0.0554 e. The minimum Gasteiger partial charge on any atom is -0.146 e. The van der Waals surface area contributed by atoms with Crippen molar-refractivity contribution in [1.82, 2.24) is 0 Å². The van der Waals surface area contributed by atoms with Crippen LogP contribution in [-0.2, 0) is 0 Å². The SMILES string of the molecule is CC1(C(Br)c2sccc2Br)CCCC1. The van der Waals surface area contributed by atoms with Crippen molar-refractivity contribution in [1.29, 1.82) is 0 Å². The molecule has 1 unspecified atom stereocenters. The lowest BCUT2D eigenvalue weighted by Crippen LogP contribution is -2.16. The molecule has 0 radical (unpaired) electrons. The Bertz CT molecular complexity index is 313. The third-order valence-corrected chi connectivity index (χ3v) is 7.03. The van der Waals surface area contributed by atoms with Crippen LogP contribution in [0.4, 0.5) is 0 Å². The maximum absolute atomic E-state index is 3.88. The second-order valence-electron chi connectivity index (χ2n) is 4.36. The van der Waals surface area contributed by atoms with E-state index in [4.69, 9.17) is 0 Å². The van der Waals surface area contributed by atoms with Gasteiger partial charge in [0.15, 0.2) is 0 Å². The van der Waals surface area contributed by atoms with E-state index >= 15 is 0 Å². The van der Waals surface area contributed by atoms with Crippen LogP contribution in [-0.4, -0.2) is 0 Å². The van der Waals surface area contributed by atoms with Gasteiger partial charge >= 0.3 is 0 Å². The average Bonchev–Trinajstić information content (AvgIpc) is 2.74. The molecule has 1 aromatic rings. The molecule has 0 N–H and O–H groups in total. The van der Waals surface area contributed by atoms with Gasteiger partial charge in [-0.1, -0.05) is 35.7 Å². The van der Waals surface area contributed by atoms with E-state index in [0.717, 1.165) is 0 Å². The van der Waals surface area contributed by atoms with Crippen LogP contribution >= 0.6 is 43.2 Å². The van der Waals surface area contributed by atoms with Gasteiger partial charge in [0.2, 0.25) is 0 Å². The fraction of sp³-hybridized carbons (Fsp3) is 0.636. The van der Waals surface area contributed by atoms with Gasteiger partial charge in [0.25, 0.3) is 0 Å². The van der Waals surface area contributed by atoms with Crippen LogP contribution in [0.5, 0.6) is 0 Å². The zero-order chi connectivity index (χ0) is 10.2. The fourth-order valence-electron chi connectivity index (χ4n) is 2.24. The molecule has 0 aromatic carbocycles. The first-order valence-corrected chi connectivity index (χ1v) is 7.59. The van der Waals surface area contributed by atoms with Crippen LogP contribution in [0.2, 0.25) is 0 Å². The first-order chi connectivity index (χ1) is 6.63. The van der Waals surface area contributed by atoms with Crippen LogP contribution in [0, 0.1) is 5.41 Å². The van der Waals surface area contributed by atoms with Crippen LogP contribution in [0.3, 0.4) is 0 Å². The quantitative estimate of drug-likeness (QED) is 0.622. The van der Waals surface area contributed by atoms with Gasteiger partial charge in [-0.25, -0.2) is 0 Å². The van der Waals surface area contributed by atoms with Crippen LogP contribution in [0.15, 0.2) is 15.9 Å². The molecule has 0 saturated heterocycles. The first-order valence-electron chi connectivity index (χ1n) is 5.00. The largest absolute Gasteiger partial charge is 0.146 e. The Morgan fingerprint density at radius 2 is 2.07 bits per heavy atom. The van der Waals surface area contributed by atoms with E-state index in [9.17, 15) is 0 Å². The molecule has 1 aromatic heterocycles. The molecule has 78 valence electrons. The summed E-state index contributed by atoms with van der Waals surface area (Å²) in [6, 6.07) is 2.15. The molecular formula is C11H14Br2S. The molecule has 1 fully saturated rings. The van der Waals surface area contributed by atoms with E-state index < -0.39 is 0 Å². The highest BCUT2D eigenvalue weighted by Crippen LogP contribution is 2.53. The lowest BCUT2D eigenvalue weighted by atomic mass is 9.84. The third-order valence-electron chi connectivity index (χ3n) is 3.23. The van der Waals surface area contributed by atoms with E-state index in [1.54, 1.807) is 0 Å². The molecule has 1 atom stereocenters. The van der Waals surface area contributed by atoms with Gasteiger partial charge in [-0.15, -0.1) is 11.3 Å². The highest BCUT2D eigenvalue weighted by atomic mass is 79.9. The van der Waals surface area contributed by atoms with Gasteiger partial charge < -0.3 is 0 Å². The van der Waals surface area contributed by atoms with Gasteiger partial charge in [0.05, 0.1) is 4.83 Å². The number of halogens is 2. The van der Waals surface area contributed by atoms with E-state index in [2.05, 4.69) is 50.2 Å². The summed E-state index contributed by atoms with van der Waals surface area (Å²) >= 11 is 9.35. The van der Waals surface area contributed by atoms with E-state index in [1.807, 2.05) is 11.3 Å². The molecular weight excluding hydrogens is 324 g/mol.